The van der Waals surface area contributed by atoms with E-state index in [2.05, 4.69) is 10.2 Å². The Bertz CT molecular complexity index is 405. The summed E-state index contributed by atoms with van der Waals surface area (Å²) in [6.45, 7) is 1.40. The van der Waals surface area contributed by atoms with Gasteiger partial charge in [-0.05, 0) is 37.9 Å². The molecule has 1 aromatic rings. The normalized spacial score (nSPS) is 22.7. The molecule has 3 nitrogen and oxygen atoms in total. The molecule has 0 heterocycles. The van der Waals surface area contributed by atoms with Gasteiger partial charge in [-0.1, -0.05) is 6.07 Å². The number of aliphatic hydroxyl groups excluding tert-OH is 1. The van der Waals surface area contributed by atoms with Crippen molar-refractivity contribution in [1.82, 2.24) is 5.32 Å². The van der Waals surface area contributed by atoms with Crippen LogP contribution < -0.4 is 10.2 Å². The van der Waals surface area contributed by atoms with E-state index in [1.807, 2.05) is 20.2 Å². The highest BCUT2D eigenvalue weighted by Crippen LogP contribution is 2.30. The number of nitrogens with zero attached hydrogens (tertiary/aromatic N) is 1. The molecule has 1 aliphatic rings. The molecule has 0 unspecified atom stereocenters. The van der Waals surface area contributed by atoms with Crippen LogP contribution in [0, 0.1) is 11.7 Å². The molecule has 4 heteroatoms. The van der Waals surface area contributed by atoms with Gasteiger partial charge in [0.25, 0.3) is 0 Å². The van der Waals surface area contributed by atoms with Gasteiger partial charge in [0.05, 0.1) is 6.10 Å². The first-order valence-corrected chi connectivity index (χ1v) is 6.43. The molecular weight excluding hydrogens is 231 g/mol. The van der Waals surface area contributed by atoms with Crippen LogP contribution in [0.25, 0.3) is 0 Å². The van der Waals surface area contributed by atoms with Gasteiger partial charge in [0.2, 0.25) is 0 Å². The van der Waals surface area contributed by atoms with Crippen molar-refractivity contribution in [3.05, 3.63) is 29.6 Å². The van der Waals surface area contributed by atoms with Gasteiger partial charge in [0.1, 0.15) is 5.82 Å². The number of halogens is 1. The molecule has 1 aromatic carbocycles. The largest absolute Gasteiger partial charge is 0.393 e. The summed E-state index contributed by atoms with van der Waals surface area (Å²) in [6.07, 6.45) is 1.59. The summed E-state index contributed by atoms with van der Waals surface area (Å²) >= 11 is 0. The summed E-state index contributed by atoms with van der Waals surface area (Å²) in [6, 6.07) is 5.19. The van der Waals surface area contributed by atoms with E-state index in [1.54, 1.807) is 6.07 Å². The average molecular weight is 252 g/mol. The van der Waals surface area contributed by atoms with Gasteiger partial charge in [-0.2, -0.15) is 0 Å². The second-order valence-corrected chi connectivity index (χ2v) is 5.14. The van der Waals surface area contributed by atoms with Crippen molar-refractivity contribution in [1.29, 1.82) is 0 Å². The Morgan fingerprint density at radius 3 is 2.78 bits per heavy atom. The van der Waals surface area contributed by atoms with Crippen molar-refractivity contribution < 1.29 is 9.50 Å². The molecule has 0 atom stereocenters. The van der Waals surface area contributed by atoms with Crippen molar-refractivity contribution >= 4 is 5.69 Å². The van der Waals surface area contributed by atoms with E-state index in [9.17, 15) is 9.50 Å². The van der Waals surface area contributed by atoms with Crippen LogP contribution in [-0.2, 0) is 6.54 Å². The number of anilines is 1. The Kier molecular flexibility index (Phi) is 4.19. The van der Waals surface area contributed by atoms with E-state index in [0.29, 0.717) is 18.0 Å². The van der Waals surface area contributed by atoms with E-state index < -0.39 is 0 Å². The molecule has 2 N–H and O–H groups in total. The summed E-state index contributed by atoms with van der Waals surface area (Å²) in [4.78, 5) is 2.09. The highest BCUT2D eigenvalue weighted by atomic mass is 19.1. The maximum Gasteiger partial charge on any atom is 0.129 e. The fourth-order valence-electron chi connectivity index (χ4n) is 2.59. The fraction of sp³-hybridized carbons (Fsp3) is 0.571. The lowest BCUT2D eigenvalue weighted by atomic mass is 9.82. The van der Waals surface area contributed by atoms with Crippen LogP contribution in [0.4, 0.5) is 10.1 Å². The van der Waals surface area contributed by atoms with Crippen LogP contribution in [0.15, 0.2) is 18.2 Å². The quantitative estimate of drug-likeness (QED) is 0.838. The lowest BCUT2D eigenvalue weighted by Gasteiger charge is -2.35. The van der Waals surface area contributed by atoms with Gasteiger partial charge in [-0.25, -0.2) is 4.39 Å². The summed E-state index contributed by atoms with van der Waals surface area (Å²) < 4.78 is 13.8. The first-order chi connectivity index (χ1) is 8.61. The van der Waals surface area contributed by atoms with E-state index in [0.717, 1.165) is 25.1 Å². The highest BCUT2D eigenvalue weighted by molar-refractivity contribution is 5.53. The molecule has 1 fully saturated rings. The molecule has 1 saturated carbocycles. The van der Waals surface area contributed by atoms with Crippen LogP contribution in [-0.4, -0.2) is 31.9 Å². The van der Waals surface area contributed by atoms with Crippen molar-refractivity contribution in [2.45, 2.75) is 25.5 Å². The molecule has 0 amide bonds. The predicted octanol–water partition coefficient (Wildman–Crippen LogP) is 1.75. The van der Waals surface area contributed by atoms with Crippen LogP contribution in [0.3, 0.4) is 0 Å². The van der Waals surface area contributed by atoms with Gasteiger partial charge in [0.15, 0.2) is 0 Å². The van der Waals surface area contributed by atoms with E-state index in [-0.39, 0.29) is 11.9 Å². The molecule has 2 rings (SSSR count). The maximum atomic E-state index is 13.8. The number of hydrogen-bond acceptors (Lipinski definition) is 3. The van der Waals surface area contributed by atoms with Gasteiger partial charge in [-0.15, -0.1) is 0 Å². The van der Waals surface area contributed by atoms with Crippen molar-refractivity contribution in [3.63, 3.8) is 0 Å². The van der Waals surface area contributed by atoms with Crippen molar-refractivity contribution in [2.75, 3.05) is 25.5 Å². The molecule has 18 heavy (non-hydrogen) atoms. The zero-order valence-corrected chi connectivity index (χ0v) is 11.0. The number of nitrogens with one attached hydrogen (secondary N) is 1. The van der Waals surface area contributed by atoms with Crippen LogP contribution in [0.5, 0.6) is 0 Å². The SMILES string of the molecule is CNCc1c(F)cccc1N(C)CC1CC(O)C1. The molecule has 100 valence electrons. The van der Waals surface area contributed by atoms with Gasteiger partial charge < -0.3 is 15.3 Å². The first kappa shape index (κ1) is 13.3. The third kappa shape index (κ3) is 2.82. The molecule has 0 radical (unpaired) electrons. The Balaban J connectivity index is 2.08. The smallest absolute Gasteiger partial charge is 0.129 e. The molecular formula is C14H21FN2O. The van der Waals surface area contributed by atoms with Crippen molar-refractivity contribution in [3.8, 4) is 0 Å². The zero-order valence-electron chi connectivity index (χ0n) is 11.0. The summed E-state index contributed by atoms with van der Waals surface area (Å²) in [7, 11) is 3.80. The van der Waals surface area contributed by atoms with Crippen LogP contribution >= 0.6 is 0 Å². The predicted molar refractivity (Wildman–Crippen MR) is 71.2 cm³/mol. The first-order valence-electron chi connectivity index (χ1n) is 6.43. The zero-order chi connectivity index (χ0) is 13.1. The molecule has 0 spiro atoms. The molecule has 0 bridgehead atoms. The minimum absolute atomic E-state index is 0.132. The topological polar surface area (TPSA) is 35.5 Å². The van der Waals surface area contributed by atoms with E-state index in [1.165, 1.54) is 6.07 Å². The minimum atomic E-state index is -0.164. The minimum Gasteiger partial charge on any atom is -0.393 e. The van der Waals surface area contributed by atoms with E-state index >= 15 is 0 Å². The number of hydrogen-bond donors (Lipinski definition) is 2. The van der Waals surface area contributed by atoms with Gasteiger partial charge in [-0.3, -0.25) is 0 Å². The molecule has 0 aliphatic heterocycles. The highest BCUT2D eigenvalue weighted by Gasteiger charge is 2.28. The Morgan fingerprint density at radius 2 is 2.17 bits per heavy atom. The Labute approximate surface area is 108 Å². The fourth-order valence-corrected chi connectivity index (χ4v) is 2.59. The third-order valence-electron chi connectivity index (χ3n) is 3.60. The van der Waals surface area contributed by atoms with Gasteiger partial charge >= 0.3 is 0 Å². The summed E-state index contributed by atoms with van der Waals surface area (Å²) in [5, 5.41) is 12.3. The third-order valence-corrected chi connectivity index (χ3v) is 3.60. The molecule has 1 aliphatic carbocycles. The lowest BCUT2D eigenvalue weighted by Crippen LogP contribution is -2.37. The molecule has 0 aromatic heterocycles. The van der Waals surface area contributed by atoms with Gasteiger partial charge in [0, 0.05) is 31.4 Å². The summed E-state index contributed by atoms with van der Waals surface area (Å²) in [5.41, 5.74) is 1.65. The summed E-state index contributed by atoms with van der Waals surface area (Å²) in [5.74, 6) is 0.359. The van der Waals surface area contributed by atoms with Crippen LogP contribution in [0.1, 0.15) is 18.4 Å². The average Bonchev–Trinajstić information content (AvgIpc) is 2.30. The Morgan fingerprint density at radius 1 is 1.44 bits per heavy atom. The monoisotopic (exact) mass is 252 g/mol. The molecule has 0 saturated heterocycles. The number of aliphatic hydroxyl groups is 1. The number of benzene rings is 1. The standard InChI is InChI=1S/C14H21FN2O/c1-16-8-12-13(15)4-3-5-14(12)17(2)9-10-6-11(18)7-10/h3-5,10-11,16,18H,6-9H2,1-2H3. The lowest BCUT2D eigenvalue weighted by molar-refractivity contribution is 0.0464. The van der Waals surface area contributed by atoms with Crippen molar-refractivity contribution in [2.24, 2.45) is 5.92 Å². The maximum absolute atomic E-state index is 13.8. The second-order valence-electron chi connectivity index (χ2n) is 5.14. The number of rotatable bonds is 5. The van der Waals surface area contributed by atoms with E-state index in [4.69, 9.17) is 0 Å². The Hall–Kier alpha value is -1.13. The second kappa shape index (κ2) is 5.67. The van der Waals surface area contributed by atoms with Crippen LogP contribution in [0.2, 0.25) is 0 Å².